The highest BCUT2D eigenvalue weighted by molar-refractivity contribution is 7.92. The lowest BCUT2D eigenvalue weighted by atomic mass is 9.79. The van der Waals surface area contributed by atoms with Gasteiger partial charge >= 0.3 is 12.1 Å². The third kappa shape index (κ3) is 8.87. The third-order valence-electron chi connectivity index (χ3n) is 9.73. The number of hydrogen-bond acceptors (Lipinski definition) is 11. The second-order valence-electron chi connectivity index (χ2n) is 13.9. The zero-order valence-electron chi connectivity index (χ0n) is 28.9. The average molecular weight is 719 g/mol. The number of alkyl carbamates (subject to hydrolysis) is 1. The first kappa shape index (κ1) is 37.8. The molecule has 0 bridgehead atoms. The second-order valence-corrected chi connectivity index (χ2v) is 16.1. The number of amides is 3. The van der Waals surface area contributed by atoms with E-state index in [4.69, 9.17) is 29.4 Å². The number of benzene rings is 2. The Bertz CT molecular complexity index is 1540. The SMILES string of the molecule is COc1ccc(S(=O)(=O)C(N)(CC(C)(C)CCNC(=O)N2CCOCC2)[C@H](O)[C@H](Cc2ccccc2)NC(=O)O[C@@H]2CO[C@@H]3OCC[C@@H]32)cc1. The lowest BCUT2D eigenvalue weighted by molar-refractivity contribution is -0.0907. The molecule has 0 aliphatic carbocycles. The van der Waals surface area contributed by atoms with Gasteiger partial charge in [-0.05, 0) is 60.9 Å². The number of nitrogens with one attached hydrogen (secondary N) is 2. The number of ether oxygens (including phenoxy) is 5. The molecule has 15 heteroatoms. The summed E-state index contributed by atoms with van der Waals surface area (Å²) in [4.78, 5) is 25.4. The highest BCUT2D eigenvalue weighted by Crippen LogP contribution is 2.40. The molecule has 0 radical (unpaired) electrons. The number of hydrogen-bond donors (Lipinski definition) is 4. The van der Waals surface area contributed by atoms with Crippen molar-refractivity contribution in [3.8, 4) is 5.75 Å². The topological polar surface area (TPSA) is 188 Å². The monoisotopic (exact) mass is 718 g/mol. The smallest absolute Gasteiger partial charge is 0.407 e. The highest BCUT2D eigenvalue weighted by atomic mass is 32.2. The molecule has 6 atom stereocenters. The lowest BCUT2D eigenvalue weighted by Gasteiger charge is -2.42. The fourth-order valence-electron chi connectivity index (χ4n) is 6.88. The van der Waals surface area contributed by atoms with Crippen molar-refractivity contribution < 1.29 is 46.8 Å². The zero-order chi connectivity index (χ0) is 35.9. The summed E-state index contributed by atoms with van der Waals surface area (Å²) in [5.74, 6) is 0.326. The predicted octanol–water partition coefficient (Wildman–Crippen LogP) is 2.43. The van der Waals surface area contributed by atoms with Crippen LogP contribution in [0.2, 0.25) is 0 Å². The van der Waals surface area contributed by atoms with Gasteiger partial charge < -0.3 is 50.1 Å². The molecule has 3 aliphatic heterocycles. The normalized spacial score (nSPS) is 23.3. The van der Waals surface area contributed by atoms with Gasteiger partial charge in [0.1, 0.15) is 18.0 Å². The van der Waals surface area contributed by atoms with E-state index in [1.165, 1.54) is 31.4 Å². The molecular formula is C35H50N4O10S. The van der Waals surface area contributed by atoms with Gasteiger partial charge in [-0.15, -0.1) is 0 Å². The molecule has 5 rings (SSSR count). The molecule has 0 saturated carbocycles. The summed E-state index contributed by atoms with van der Waals surface area (Å²) in [5, 5.41) is 17.9. The number of nitrogens with two attached hydrogens (primary N) is 1. The van der Waals surface area contributed by atoms with Crippen LogP contribution < -0.4 is 21.1 Å². The number of nitrogens with zero attached hydrogens (tertiary/aromatic N) is 1. The molecule has 276 valence electrons. The fourth-order valence-corrected chi connectivity index (χ4v) is 8.87. The van der Waals surface area contributed by atoms with Crippen molar-refractivity contribution in [3.63, 3.8) is 0 Å². The molecule has 0 aromatic heterocycles. The van der Waals surface area contributed by atoms with Crippen LogP contribution in [0.4, 0.5) is 9.59 Å². The maximum atomic E-state index is 14.6. The number of carbonyl (C=O) groups excluding carboxylic acids is 2. The van der Waals surface area contributed by atoms with E-state index in [-0.39, 0.29) is 42.8 Å². The number of aliphatic hydroxyl groups is 1. The Kier molecular flexibility index (Phi) is 12.3. The van der Waals surface area contributed by atoms with Crippen LogP contribution in [0, 0.1) is 11.3 Å². The van der Waals surface area contributed by atoms with E-state index in [0.717, 1.165) is 5.56 Å². The molecular weight excluding hydrogens is 668 g/mol. The number of methoxy groups -OCH3 is 1. The van der Waals surface area contributed by atoms with Gasteiger partial charge in [0, 0.05) is 19.6 Å². The van der Waals surface area contributed by atoms with E-state index in [2.05, 4.69) is 10.6 Å². The summed E-state index contributed by atoms with van der Waals surface area (Å²) in [6.45, 7) is 6.46. The first-order valence-corrected chi connectivity index (χ1v) is 18.5. The molecule has 3 saturated heterocycles. The fraction of sp³-hybridized carbons (Fsp3) is 0.600. The van der Waals surface area contributed by atoms with Crippen molar-refractivity contribution in [2.45, 2.75) is 73.8 Å². The Morgan fingerprint density at radius 3 is 2.44 bits per heavy atom. The average Bonchev–Trinajstić information content (AvgIpc) is 3.73. The van der Waals surface area contributed by atoms with Gasteiger partial charge in [0.2, 0.25) is 0 Å². The molecule has 5 N–H and O–H groups in total. The van der Waals surface area contributed by atoms with Crippen LogP contribution in [0.3, 0.4) is 0 Å². The van der Waals surface area contributed by atoms with Crippen LogP contribution in [-0.2, 0) is 35.2 Å². The standard InChI is InChI=1S/C35H50N4O10S/c1-34(2,14-15-37-32(41)39-16-19-46-20-17-39)23-35(36,50(43,44)26-11-9-25(45-3)10-12-26)30(40)28(21-24-7-5-4-6-8-24)38-33(42)49-29-22-48-31-27(29)13-18-47-31/h4-12,27-31,40H,13-23,36H2,1-3H3,(H,37,41)(H,38,42)/t27-,28+,29-,30-,31+,35?/m1/s1. The Morgan fingerprint density at radius 2 is 1.76 bits per heavy atom. The molecule has 50 heavy (non-hydrogen) atoms. The Morgan fingerprint density at radius 1 is 1.06 bits per heavy atom. The largest absolute Gasteiger partial charge is 0.497 e. The van der Waals surface area contributed by atoms with Gasteiger partial charge in [0.25, 0.3) is 0 Å². The highest BCUT2D eigenvalue weighted by Gasteiger charge is 2.53. The Labute approximate surface area is 293 Å². The summed E-state index contributed by atoms with van der Waals surface area (Å²) in [6, 6.07) is 13.4. The summed E-state index contributed by atoms with van der Waals surface area (Å²) in [7, 11) is -3.02. The Hall–Kier alpha value is -3.47. The van der Waals surface area contributed by atoms with Crippen molar-refractivity contribution in [2.75, 3.05) is 53.2 Å². The number of urea groups is 1. The molecule has 1 unspecified atom stereocenters. The van der Waals surface area contributed by atoms with Gasteiger partial charge in [-0.25, -0.2) is 18.0 Å². The van der Waals surface area contributed by atoms with Crippen LogP contribution in [0.5, 0.6) is 5.75 Å². The number of carbonyl (C=O) groups is 2. The lowest BCUT2D eigenvalue weighted by Crippen LogP contribution is -2.65. The van der Waals surface area contributed by atoms with Gasteiger partial charge in [0.15, 0.2) is 21.0 Å². The van der Waals surface area contributed by atoms with Crippen molar-refractivity contribution in [1.29, 1.82) is 0 Å². The third-order valence-corrected chi connectivity index (χ3v) is 12.0. The Balaban J connectivity index is 1.41. The maximum absolute atomic E-state index is 14.6. The van der Waals surface area contributed by atoms with Gasteiger partial charge in [-0.2, -0.15) is 0 Å². The summed E-state index contributed by atoms with van der Waals surface area (Å²) in [5.41, 5.74) is 6.93. The van der Waals surface area contributed by atoms with E-state index in [0.29, 0.717) is 51.5 Å². The van der Waals surface area contributed by atoms with Crippen LogP contribution in [0.25, 0.3) is 0 Å². The molecule has 2 aromatic carbocycles. The van der Waals surface area contributed by atoms with E-state index in [1.54, 1.807) is 4.90 Å². The second kappa shape index (κ2) is 16.3. The number of aliphatic hydroxyl groups excluding tert-OH is 1. The van der Waals surface area contributed by atoms with Gasteiger partial charge in [-0.3, -0.25) is 0 Å². The van der Waals surface area contributed by atoms with Gasteiger partial charge in [0.05, 0.1) is 50.4 Å². The summed E-state index contributed by atoms with van der Waals surface area (Å²) in [6.07, 6.45) is -2.79. The van der Waals surface area contributed by atoms with Crippen LogP contribution in [-0.4, -0.2) is 113 Å². The van der Waals surface area contributed by atoms with E-state index in [1.807, 2.05) is 44.2 Å². The van der Waals surface area contributed by atoms with Crippen molar-refractivity contribution in [2.24, 2.45) is 17.1 Å². The molecule has 0 spiro atoms. The van der Waals surface area contributed by atoms with Crippen molar-refractivity contribution in [3.05, 3.63) is 60.2 Å². The van der Waals surface area contributed by atoms with E-state index in [9.17, 15) is 23.1 Å². The molecule has 3 heterocycles. The molecule has 2 aromatic rings. The minimum atomic E-state index is -4.49. The summed E-state index contributed by atoms with van der Waals surface area (Å²) < 4.78 is 56.7. The molecule has 3 aliphatic rings. The number of rotatable bonds is 14. The van der Waals surface area contributed by atoms with Crippen LogP contribution >= 0.6 is 0 Å². The van der Waals surface area contributed by atoms with E-state index >= 15 is 0 Å². The maximum Gasteiger partial charge on any atom is 0.407 e. The first-order valence-electron chi connectivity index (χ1n) is 17.0. The van der Waals surface area contributed by atoms with Crippen molar-refractivity contribution in [1.82, 2.24) is 15.5 Å². The van der Waals surface area contributed by atoms with Crippen LogP contribution in [0.15, 0.2) is 59.5 Å². The minimum absolute atomic E-state index is 0.0561. The van der Waals surface area contributed by atoms with Crippen LogP contribution in [0.1, 0.15) is 38.7 Å². The number of fused-ring (bicyclic) bond motifs is 1. The quantitative estimate of drug-likeness (QED) is 0.225. The van der Waals surface area contributed by atoms with E-state index < -0.39 is 50.8 Å². The zero-order valence-corrected chi connectivity index (χ0v) is 29.7. The predicted molar refractivity (Wildman–Crippen MR) is 183 cm³/mol. The number of morpholine rings is 1. The first-order chi connectivity index (χ1) is 23.8. The molecule has 3 fully saturated rings. The molecule has 14 nitrogen and oxygen atoms in total. The van der Waals surface area contributed by atoms with Gasteiger partial charge in [-0.1, -0.05) is 44.2 Å². The molecule has 3 amide bonds. The minimum Gasteiger partial charge on any atom is -0.497 e. The summed E-state index contributed by atoms with van der Waals surface area (Å²) >= 11 is 0. The number of sulfone groups is 1. The van der Waals surface area contributed by atoms with Crippen molar-refractivity contribution >= 4 is 22.0 Å².